The van der Waals surface area contributed by atoms with E-state index in [9.17, 15) is 9.59 Å². The molecule has 25 heavy (non-hydrogen) atoms. The molecule has 0 spiro atoms. The molecule has 2 N–H and O–H groups in total. The molecule has 1 aromatic rings. The monoisotopic (exact) mass is 345 g/mol. The maximum absolute atomic E-state index is 12.3. The van der Waals surface area contributed by atoms with Crippen molar-refractivity contribution in [2.45, 2.75) is 39.0 Å². The smallest absolute Gasteiger partial charge is 0.223 e. The third kappa shape index (κ3) is 6.86. The van der Waals surface area contributed by atoms with Gasteiger partial charge >= 0.3 is 0 Å². The zero-order chi connectivity index (χ0) is 17.9. The predicted molar refractivity (Wildman–Crippen MR) is 100 cm³/mol. The number of likely N-dealkylation sites (tertiary alicyclic amines) is 1. The van der Waals surface area contributed by atoms with Gasteiger partial charge in [-0.25, -0.2) is 0 Å². The number of carbonyl (C=O) groups excluding carboxylic acids is 2. The first kappa shape index (κ1) is 19.4. The Morgan fingerprint density at radius 1 is 1.08 bits per heavy atom. The topological polar surface area (TPSA) is 61.4 Å². The van der Waals surface area contributed by atoms with Crippen LogP contribution in [0.3, 0.4) is 0 Å². The third-order valence-corrected chi connectivity index (χ3v) is 4.72. The minimum absolute atomic E-state index is 0.0457. The molecule has 0 saturated carbocycles. The number of benzene rings is 1. The molecule has 0 atom stereocenters. The number of nitrogens with one attached hydrogen (secondary N) is 2. The van der Waals surface area contributed by atoms with Crippen molar-refractivity contribution >= 4 is 11.8 Å². The number of hydrogen-bond acceptors (Lipinski definition) is 3. The molecule has 1 fully saturated rings. The Hall–Kier alpha value is -1.88. The van der Waals surface area contributed by atoms with E-state index in [-0.39, 0.29) is 17.7 Å². The number of aryl methyl sites for hydroxylation is 1. The molecule has 5 heteroatoms. The van der Waals surface area contributed by atoms with Crippen LogP contribution in [0.5, 0.6) is 0 Å². The molecule has 2 amide bonds. The van der Waals surface area contributed by atoms with Gasteiger partial charge in [0.2, 0.25) is 11.8 Å². The van der Waals surface area contributed by atoms with Crippen LogP contribution in [0, 0.1) is 5.92 Å². The van der Waals surface area contributed by atoms with E-state index < -0.39 is 0 Å². The second-order valence-corrected chi connectivity index (χ2v) is 6.68. The average molecular weight is 345 g/mol. The van der Waals surface area contributed by atoms with Gasteiger partial charge in [0.1, 0.15) is 0 Å². The van der Waals surface area contributed by atoms with Crippen molar-refractivity contribution < 1.29 is 9.59 Å². The molecule has 138 valence electrons. The van der Waals surface area contributed by atoms with Crippen LogP contribution in [-0.2, 0) is 16.0 Å². The van der Waals surface area contributed by atoms with E-state index in [1.165, 1.54) is 5.56 Å². The molecule has 5 nitrogen and oxygen atoms in total. The van der Waals surface area contributed by atoms with Gasteiger partial charge in [0, 0.05) is 38.5 Å². The molecule has 1 heterocycles. The highest BCUT2D eigenvalue weighted by atomic mass is 16.2. The Bertz CT molecular complexity index is 525. The second-order valence-electron chi connectivity index (χ2n) is 6.68. The molecule has 1 saturated heterocycles. The molecule has 0 unspecified atom stereocenters. The largest absolute Gasteiger partial charge is 0.355 e. The lowest BCUT2D eigenvalue weighted by Crippen LogP contribution is -2.44. The molecule has 1 aliphatic rings. The molecule has 0 radical (unpaired) electrons. The fourth-order valence-electron chi connectivity index (χ4n) is 3.17. The quantitative estimate of drug-likeness (QED) is 0.673. The molecule has 0 aromatic heterocycles. The maximum atomic E-state index is 12.3. The number of amides is 2. The second kappa shape index (κ2) is 10.9. The van der Waals surface area contributed by atoms with Crippen LogP contribution in [0.1, 0.15) is 38.2 Å². The summed E-state index contributed by atoms with van der Waals surface area (Å²) in [5.74, 6) is 0.380. The lowest BCUT2D eigenvalue weighted by atomic mass is 9.95. The van der Waals surface area contributed by atoms with Crippen LogP contribution in [0.25, 0.3) is 0 Å². The first-order valence-corrected chi connectivity index (χ1v) is 9.51. The summed E-state index contributed by atoms with van der Waals surface area (Å²) in [5.41, 5.74) is 1.20. The van der Waals surface area contributed by atoms with Crippen LogP contribution < -0.4 is 10.6 Å². The summed E-state index contributed by atoms with van der Waals surface area (Å²) in [6.45, 7) is 5.99. The molecule has 1 aliphatic heterocycles. The van der Waals surface area contributed by atoms with Gasteiger partial charge in [-0.3, -0.25) is 9.59 Å². The number of hydrogen-bond donors (Lipinski definition) is 2. The standard InChI is InChI=1S/C20H31N3O2/c1-2-12-21-13-14-22-20(25)18-10-15-23(16-11-18)19(24)9-8-17-6-4-3-5-7-17/h3-7,18,21H,2,8-16H2,1H3,(H,22,25). The van der Waals surface area contributed by atoms with E-state index >= 15 is 0 Å². The molecule has 0 bridgehead atoms. The zero-order valence-corrected chi connectivity index (χ0v) is 15.3. The number of carbonyl (C=O) groups is 2. The van der Waals surface area contributed by atoms with Crippen molar-refractivity contribution in [3.63, 3.8) is 0 Å². The minimum atomic E-state index is 0.0457. The molecule has 2 rings (SSSR count). The summed E-state index contributed by atoms with van der Waals surface area (Å²) in [6, 6.07) is 10.1. The van der Waals surface area contributed by atoms with Crippen LogP contribution in [0.15, 0.2) is 30.3 Å². The third-order valence-electron chi connectivity index (χ3n) is 4.72. The number of nitrogens with zero attached hydrogens (tertiary/aromatic N) is 1. The Morgan fingerprint density at radius 3 is 2.48 bits per heavy atom. The van der Waals surface area contributed by atoms with Gasteiger partial charge in [-0.15, -0.1) is 0 Å². The summed E-state index contributed by atoms with van der Waals surface area (Å²) < 4.78 is 0. The fourth-order valence-corrected chi connectivity index (χ4v) is 3.17. The van der Waals surface area contributed by atoms with Gasteiger partial charge in [-0.1, -0.05) is 37.3 Å². The van der Waals surface area contributed by atoms with E-state index in [2.05, 4.69) is 29.7 Å². The molecule has 0 aliphatic carbocycles. The maximum Gasteiger partial charge on any atom is 0.223 e. The summed E-state index contributed by atoms with van der Waals surface area (Å²) in [6.07, 6.45) is 3.97. The number of piperidine rings is 1. The summed E-state index contributed by atoms with van der Waals surface area (Å²) in [4.78, 5) is 26.4. The first-order chi connectivity index (χ1) is 12.2. The van der Waals surface area contributed by atoms with Crippen LogP contribution >= 0.6 is 0 Å². The summed E-state index contributed by atoms with van der Waals surface area (Å²) in [5, 5.41) is 6.27. The van der Waals surface area contributed by atoms with Crippen molar-refractivity contribution in [2.75, 3.05) is 32.7 Å². The van der Waals surface area contributed by atoms with Crippen molar-refractivity contribution in [3.8, 4) is 0 Å². The van der Waals surface area contributed by atoms with Gasteiger partial charge in [-0.2, -0.15) is 0 Å². The average Bonchev–Trinajstić information content (AvgIpc) is 2.66. The molecular weight excluding hydrogens is 314 g/mol. The SMILES string of the molecule is CCCNCCNC(=O)C1CCN(C(=O)CCc2ccccc2)CC1. The predicted octanol–water partition coefficient (Wildman–Crippen LogP) is 1.97. The van der Waals surface area contributed by atoms with E-state index in [4.69, 9.17) is 0 Å². The fraction of sp³-hybridized carbons (Fsp3) is 0.600. The Balaban J connectivity index is 1.63. The van der Waals surface area contributed by atoms with Gasteiger partial charge in [0.25, 0.3) is 0 Å². The molecule has 1 aromatic carbocycles. The minimum Gasteiger partial charge on any atom is -0.355 e. The highest BCUT2D eigenvalue weighted by molar-refractivity contribution is 5.80. The highest BCUT2D eigenvalue weighted by Gasteiger charge is 2.26. The van der Waals surface area contributed by atoms with Gasteiger partial charge in [0.15, 0.2) is 0 Å². The number of rotatable bonds is 9. The Morgan fingerprint density at radius 2 is 1.80 bits per heavy atom. The van der Waals surface area contributed by atoms with Crippen molar-refractivity contribution in [1.82, 2.24) is 15.5 Å². The highest BCUT2D eigenvalue weighted by Crippen LogP contribution is 2.18. The van der Waals surface area contributed by atoms with Crippen molar-refractivity contribution in [2.24, 2.45) is 5.92 Å². The lowest BCUT2D eigenvalue weighted by Gasteiger charge is -2.31. The Kier molecular flexibility index (Phi) is 8.46. The van der Waals surface area contributed by atoms with E-state index in [1.807, 2.05) is 23.1 Å². The van der Waals surface area contributed by atoms with Gasteiger partial charge in [-0.05, 0) is 37.8 Å². The lowest BCUT2D eigenvalue weighted by molar-refractivity contribution is -0.135. The summed E-state index contributed by atoms with van der Waals surface area (Å²) >= 11 is 0. The van der Waals surface area contributed by atoms with Gasteiger partial charge < -0.3 is 15.5 Å². The normalized spacial score (nSPS) is 15.2. The molecular formula is C20H31N3O2. The van der Waals surface area contributed by atoms with Gasteiger partial charge in [0.05, 0.1) is 0 Å². The zero-order valence-electron chi connectivity index (χ0n) is 15.3. The van der Waals surface area contributed by atoms with E-state index in [0.717, 1.165) is 38.8 Å². The summed E-state index contributed by atoms with van der Waals surface area (Å²) in [7, 11) is 0. The van der Waals surface area contributed by atoms with Crippen LogP contribution in [-0.4, -0.2) is 49.4 Å². The first-order valence-electron chi connectivity index (χ1n) is 9.51. The van der Waals surface area contributed by atoms with Crippen LogP contribution in [0.2, 0.25) is 0 Å². The van der Waals surface area contributed by atoms with E-state index in [1.54, 1.807) is 0 Å². The van der Waals surface area contributed by atoms with Crippen molar-refractivity contribution in [1.29, 1.82) is 0 Å². The Labute approximate surface area is 151 Å². The van der Waals surface area contributed by atoms with E-state index in [0.29, 0.717) is 26.1 Å². The van der Waals surface area contributed by atoms with Crippen LogP contribution in [0.4, 0.5) is 0 Å². The van der Waals surface area contributed by atoms with Crippen molar-refractivity contribution in [3.05, 3.63) is 35.9 Å².